The number of aryl methyl sites for hydroxylation is 1. The second kappa shape index (κ2) is 6.53. The number of hydrogen-bond acceptors (Lipinski definition) is 4. The van der Waals surface area contributed by atoms with Crippen LogP contribution in [-0.4, -0.2) is 32.6 Å². The van der Waals surface area contributed by atoms with Gasteiger partial charge in [0, 0.05) is 37.5 Å². The van der Waals surface area contributed by atoms with Gasteiger partial charge in [0.1, 0.15) is 22.0 Å². The molecule has 0 atom stereocenters. The molecule has 13 heteroatoms. The lowest BCUT2D eigenvalue weighted by Crippen LogP contribution is -2.27. The third-order valence-electron chi connectivity index (χ3n) is 5.16. The number of nitrogens with zero attached hydrogens (tertiary/aromatic N) is 4. The maximum atomic E-state index is 14.7. The zero-order valence-corrected chi connectivity index (χ0v) is 18.0. The van der Waals surface area contributed by atoms with Crippen LogP contribution in [0.15, 0.2) is 47.5 Å². The van der Waals surface area contributed by atoms with Gasteiger partial charge in [-0.3, -0.25) is 9.48 Å². The lowest BCUT2D eigenvalue weighted by molar-refractivity contribution is 0.0780. The van der Waals surface area contributed by atoms with Crippen LogP contribution in [0.25, 0.3) is 21.8 Å². The van der Waals surface area contributed by atoms with Gasteiger partial charge in [0.05, 0.1) is 17.3 Å². The monoisotopic (exact) mass is 489 g/mol. The van der Waals surface area contributed by atoms with E-state index in [1.54, 1.807) is 7.05 Å². The van der Waals surface area contributed by atoms with Gasteiger partial charge in [-0.05, 0) is 23.8 Å². The van der Waals surface area contributed by atoms with Crippen molar-refractivity contribution in [2.75, 3.05) is 12.8 Å². The molecule has 1 amide bonds. The summed E-state index contributed by atoms with van der Waals surface area (Å²) in [6, 6.07) is 4.58. The van der Waals surface area contributed by atoms with Crippen LogP contribution in [0.5, 0.6) is 0 Å². The maximum Gasteiger partial charge on any atom is 0.310 e. The Labute approximate surface area is 183 Å². The van der Waals surface area contributed by atoms with E-state index in [4.69, 9.17) is 5.73 Å². The predicted octanol–water partition coefficient (Wildman–Crippen LogP) is 5.77. The number of halogens is 6. The van der Waals surface area contributed by atoms with Gasteiger partial charge in [-0.25, -0.2) is 9.37 Å². The Morgan fingerprint density at radius 2 is 1.73 bits per heavy atom. The number of rotatable bonds is 4. The lowest BCUT2D eigenvalue weighted by Gasteiger charge is -2.40. The first-order valence-electron chi connectivity index (χ1n) is 9.34. The van der Waals surface area contributed by atoms with Crippen molar-refractivity contribution in [2.45, 2.75) is 11.4 Å². The Kier molecular flexibility index (Phi) is 4.49. The van der Waals surface area contributed by atoms with E-state index in [0.717, 1.165) is 23.1 Å². The van der Waals surface area contributed by atoms with Crippen LogP contribution < -0.4 is 5.73 Å². The summed E-state index contributed by atoms with van der Waals surface area (Å²) in [6.45, 7) is -0.237. The number of amides is 1. The highest BCUT2D eigenvalue weighted by Crippen LogP contribution is 3.02. The average molecular weight is 489 g/mol. The highest BCUT2D eigenvalue weighted by atomic mass is 32.5. The molecular formula is C20H17F6N5OS. The van der Waals surface area contributed by atoms with E-state index in [0.29, 0.717) is 16.3 Å². The number of carbonyl (C=O) groups excluding carboxylic acids is 1. The quantitative estimate of drug-likeness (QED) is 0.369. The molecular weight excluding hydrogens is 472 g/mol. The minimum absolute atomic E-state index is 0.142. The normalized spacial score (nSPS) is 14.3. The van der Waals surface area contributed by atoms with Crippen LogP contribution in [0.3, 0.4) is 0 Å². The van der Waals surface area contributed by atoms with Gasteiger partial charge < -0.3 is 10.6 Å². The van der Waals surface area contributed by atoms with Crippen LogP contribution in [0.1, 0.15) is 15.9 Å². The molecule has 2 aromatic heterocycles. The second-order valence-corrected chi connectivity index (χ2v) is 10.1. The molecule has 2 aromatic carbocycles. The Balaban J connectivity index is 1.66. The van der Waals surface area contributed by atoms with Crippen molar-refractivity contribution in [3.8, 4) is 0 Å². The van der Waals surface area contributed by atoms with Crippen molar-refractivity contribution in [3.63, 3.8) is 0 Å². The van der Waals surface area contributed by atoms with Crippen LogP contribution in [0.4, 0.5) is 29.6 Å². The molecule has 6 nitrogen and oxygen atoms in total. The van der Waals surface area contributed by atoms with E-state index in [2.05, 4.69) is 10.1 Å². The smallest absolute Gasteiger partial charge is 0.310 e. The molecule has 33 heavy (non-hydrogen) atoms. The van der Waals surface area contributed by atoms with Crippen molar-refractivity contribution < 1.29 is 28.6 Å². The van der Waals surface area contributed by atoms with E-state index in [9.17, 15) is 28.6 Å². The predicted molar refractivity (Wildman–Crippen MR) is 114 cm³/mol. The molecule has 0 radical (unpaired) electrons. The van der Waals surface area contributed by atoms with Gasteiger partial charge in [-0.15, -0.1) is 0 Å². The molecule has 0 unspecified atom stereocenters. The van der Waals surface area contributed by atoms with E-state index in [1.807, 2.05) is 0 Å². The number of pyridine rings is 1. The number of nitrogen functional groups attached to an aromatic ring is 1. The van der Waals surface area contributed by atoms with Gasteiger partial charge in [0.2, 0.25) is 0 Å². The molecule has 0 saturated carbocycles. The molecule has 0 bridgehead atoms. The number of aromatic nitrogens is 3. The number of carbonyl (C=O) groups is 1. The highest BCUT2D eigenvalue weighted by Gasteiger charge is 2.65. The molecule has 0 saturated heterocycles. The average Bonchev–Trinajstić information content (AvgIpc) is 3.08. The standard InChI is InChI=1S/C20H17F6N5OS/c1-30(10-11-3-5-12(6-4-11)33(22,23,24,25)26)20(32)14-7-13-15-9-28-31(2)18(15)19(27)29-17(13)8-16(14)21/h3-9H,10H2,1-2H3,(H2,27,29). The van der Waals surface area contributed by atoms with E-state index in [-0.39, 0.29) is 41.1 Å². The summed E-state index contributed by atoms with van der Waals surface area (Å²) >= 11 is 0. The molecule has 0 fully saturated rings. The Hall–Kier alpha value is -3.48. The molecule has 0 aliphatic carbocycles. The van der Waals surface area contributed by atoms with Gasteiger partial charge in [-0.1, -0.05) is 31.6 Å². The first-order valence-corrected chi connectivity index (χ1v) is 11.3. The van der Waals surface area contributed by atoms with Crippen molar-refractivity contribution in [2.24, 2.45) is 7.05 Å². The lowest BCUT2D eigenvalue weighted by atomic mass is 10.1. The molecule has 4 aromatic rings. The molecule has 0 aliphatic heterocycles. The molecule has 2 N–H and O–H groups in total. The number of fused-ring (bicyclic) bond motifs is 3. The zero-order valence-electron chi connectivity index (χ0n) is 17.2. The molecule has 2 heterocycles. The minimum atomic E-state index is -9.79. The van der Waals surface area contributed by atoms with Crippen molar-refractivity contribution >= 4 is 43.8 Å². The van der Waals surface area contributed by atoms with Crippen LogP contribution >= 0.6 is 10.2 Å². The highest BCUT2D eigenvalue weighted by molar-refractivity contribution is 8.45. The van der Waals surface area contributed by atoms with Crippen molar-refractivity contribution in [1.82, 2.24) is 19.7 Å². The number of anilines is 1. The molecule has 176 valence electrons. The Morgan fingerprint density at radius 3 is 2.33 bits per heavy atom. The Morgan fingerprint density at radius 1 is 1.09 bits per heavy atom. The van der Waals surface area contributed by atoms with Crippen LogP contribution in [0.2, 0.25) is 0 Å². The summed E-state index contributed by atoms with van der Waals surface area (Å²) in [5.74, 6) is -1.49. The topological polar surface area (TPSA) is 77.0 Å². The summed E-state index contributed by atoms with van der Waals surface area (Å²) in [6.07, 6.45) is 1.51. The summed E-state index contributed by atoms with van der Waals surface area (Å²) in [7, 11) is -6.83. The van der Waals surface area contributed by atoms with Gasteiger partial charge in [0.15, 0.2) is 0 Å². The fourth-order valence-electron chi connectivity index (χ4n) is 3.56. The molecule has 4 rings (SSSR count). The first kappa shape index (κ1) is 22.7. The second-order valence-electron chi connectivity index (χ2n) is 7.65. The number of benzene rings is 2. The SMILES string of the molecule is CN(Cc1ccc(S(F)(F)(F)(F)F)cc1)C(=O)c1cc2c(cc1F)nc(N)c1c2cnn1C. The van der Waals surface area contributed by atoms with Crippen molar-refractivity contribution in [1.29, 1.82) is 0 Å². The van der Waals surface area contributed by atoms with Crippen molar-refractivity contribution in [3.05, 3.63) is 59.5 Å². The summed E-state index contributed by atoms with van der Waals surface area (Å²) < 4.78 is 80.6. The third-order valence-corrected chi connectivity index (χ3v) is 6.33. The third kappa shape index (κ3) is 4.15. The van der Waals surface area contributed by atoms with E-state index in [1.165, 1.54) is 24.0 Å². The number of nitrogens with two attached hydrogens (primary N) is 1. The largest absolute Gasteiger partial charge is 0.382 e. The first-order chi connectivity index (χ1) is 15.0. The summed E-state index contributed by atoms with van der Waals surface area (Å²) in [5.41, 5.74) is 6.50. The molecule has 0 spiro atoms. The van der Waals surface area contributed by atoms with Gasteiger partial charge >= 0.3 is 10.2 Å². The van der Waals surface area contributed by atoms with Crippen LogP contribution in [0, 0.1) is 5.82 Å². The van der Waals surface area contributed by atoms with Gasteiger partial charge in [0.25, 0.3) is 5.91 Å². The van der Waals surface area contributed by atoms with E-state index < -0.39 is 26.8 Å². The zero-order chi connectivity index (χ0) is 24.4. The summed E-state index contributed by atoms with van der Waals surface area (Å²) in [4.78, 5) is 16.1. The fraction of sp³-hybridized carbons (Fsp3) is 0.150. The summed E-state index contributed by atoms with van der Waals surface area (Å²) in [5, 5.41) is 5.10. The maximum absolute atomic E-state index is 14.7. The van der Waals surface area contributed by atoms with Gasteiger partial charge in [-0.2, -0.15) is 5.10 Å². The number of hydrogen-bond donors (Lipinski definition) is 1. The Bertz CT molecular complexity index is 1440. The minimum Gasteiger partial charge on any atom is -0.382 e. The fourth-order valence-corrected chi connectivity index (χ4v) is 4.21. The molecule has 0 aliphatic rings. The van der Waals surface area contributed by atoms with E-state index >= 15 is 0 Å². The van der Waals surface area contributed by atoms with Crippen LogP contribution in [-0.2, 0) is 13.6 Å².